The van der Waals surface area contributed by atoms with E-state index < -0.39 is 11.5 Å². The van der Waals surface area contributed by atoms with Gasteiger partial charge in [-0.1, -0.05) is 29.8 Å². The Balaban J connectivity index is 1.53. The van der Waals surface area contributed by atoms with Gasteiger partial charge in [0.1, 0.15) is 23.7 Å². The summed E-state index contributed by atoms with van der Waals surface area (Å²) in [7, 11) is 3.09. The van der Waals surface area contributed by atoms with E-state index in [9.17, 15) is 14.4 Å². The second kappa shape index (κ2) is 11.2. The second-order valence-corrected chi connectivity index (χ2v) is 8.03. The van der Waals surface area contributed by atoms with Crippen molar-refractivity contribution in [3.8, 4) is 5.75 Å². The molecule has 0 radical (unpaired) electrons. The summed E-state index contributed by atoms with van der Waals surface area (Å²) in [5.74, 6) is -0.294. The Morgan fingerprint density at radius 1 is 1.30 bits per heavy atom. The van der Waals surface area contributed by atoms with Crippen molar-refractivity contribution in [1.29, 1.82) is 0 Å². The highest BCUT2D eigenvalue weighted by atomic mass is 35.5. The van der Waals surface area contributed by atoms with Crippen molar-refractivity contribution in [1.82, 2.24) is 15.2 Å². The molecule has 1 saturated heterocycles. The number of amides is 1. The van der Waals surface area contributed by atoms with Gasteiger partial charge in [-0.25, -0.2) is 0 Å². The van der Waals surface area contributed by atoms with Crippen LogP contribution >= 0.6 is 11.6 Å². The Hall–Kier alpha value is -3.08. The summed E-state index contributed by atoms with van der Waals surface area (Å²) in [5, 5.41) is 2.90. The van der Waals surface area contributed by atoms with Crippen molar-refractivity contribution in [3.63, 3.8) is 0 Å². The lowest BCUT2D eigenvalue weighted by molar-refractivity contribution is -0.147. The third kappa shape index (κ3) is 6.25. The summed E-state index contributed by atoms with van der Waals surface area (Å²) in [6.07, 6.45) is 0.137. The third-order valence-corrected chi connectivity index (χ3v) is 5.77. The predicted molar refractivity (Wildman–Crippen MR) is 122 cm³/mol. The van der Waals surface area contributed by atoms with Gasteiger partial charge in [-0.15, -0.1) is 0 Å². The Kier molecular flexibility index (Phi) is 8.32. The lowest BCUT2D eigenvalue weighted by Gasteiger charge is -2.37. The molecule has 33 heavy (non-hydrogen) atoms. The van der Waals surface area contributed by atoms with Crippen molar-refractivity contribution in [2.24, 2.45) is 0 Å². The fourth-order valence-electron chi connectivity index (χ4n) is 3.67. The van der Waals surface area contributed by atoms with Gasteiger partial charge in [-0.05, 0) is 18.6 Å². The molecular formula is C22H27ClN4O6. The maximum absolute atomic E-state index is 12.6. The molecule has 11 heteroatoms. The number of carbonyl (C=O) groups excluding carboxylic acids is 2. The molecular weight excluding hydrogens is 452 g/mol. The third-order valence-electron chi connectivity index (χ3n) is 5.46. The van der Waals surface area contributed by atoms with Gasteiger partial charge >= 0.3 is 5.97 Å². The number of nitrogens with two attached hydrogens (primary N) is 1. The first-order chi connectivity index (χ1) is 15.8. The van der Waals surface area contributed by atoms with E-state index in [4.69, 9.17) is 31.5 Å². The van der Waals surface area contributed by atoms with Crippen molar-refractivity contribution < 1.29 is 23.8 Å². The first-order valence-electron chi connectivity index (χ1n) is 10.3. The van der Waals surface area contributed by atoms with Crippen molar-refractivity contribution in [2.45, 2.75) is 25.2 Å². The van der Waals surface area contributed by atoms with Crippen LogP contribution in [0, 0.1) is 0 Å². The maximum Gasteiger partial charge on any atom is 0.320 e. The van der Waals surface area contributed by atoms with Gasteiger partial charge in [0, 0.05) is 25.8 Å². The fourth-order valence-corrected chi connectivity index (χ4v) is 3.83. The standard InChI is InChI=1S/C22H27ClN4O6/c1-31-17-6-4-3-5-13(17)12-33-19(28)11-27-8-7-16(18(10-27)32-2)25-21(29)14-9-15(23)20(24)26-22(14)30/h3-6,9,16,18H,7-8,10-12H2,1-2H3,(H,25,29)(H3,24,26,30)/t16-,18+/m1/s1. The molecule has 2 atom stereocenters. The number of nitrogen functional groups attached to an aromatic ring is 1. The highest BCUT2D eigenvalue weighted by Crippen LogP contribution is 2.19. The number of nitrogens with zero attached hydrogens (tertiary/aromatic N) is 1. The quantitative estimate of drug-likeness (QED) is 0.481. The number of esters is 1. The van der Waals surface area contributed by atoms with E-state index in [1.54, 1.807) is 13.2 Å². The Morgan fingerprint density at radius 2 is 2.06 bits per heavy atom. The molecule has 10 nitrogen and oxygen atoms in total. The molecule has 0 saturated carbocycles. The summed E-state index contributed by atoms with van der Waals surface area (Å²) in [4.78, 5) is 41.2. The van der Waals surface area contributed by atoms with Gasteiger partial charge in [0.05, 0.1) is 30.8 Å². The highest BCUT2D eigenvalue weighted by molar-refractivity contribution is 6.33. The number of aromatic amines is 1. The van der Waals surface area contributed by atoms with E-state index in [1.807, 2.05) is 23.1 Å². The maximum atomic E-state index is 12.6. The molecule has 178 valence electrons. The van der Waals surface area contributed by atoms with Crippen LogP contribution in [0.5, 0.6) is 5.75 Å². The molecule has 1 fully saturated rings. The summed E-state index contributed by atoms with van der Waals surface area (Å²) in [5.41, 5.74) is 5.57. The molecule has 1 aromatic carbocycles. The topological polar surface area (TPSA) is 136 Å². The van der Waals surface area contributed by atoms with E-state index in [2.05, 4.69) is 10.3 Å². The average Bonchev–Trinajstić information content (AvgIpc) is 2.81. The number of nitrogens with one attached hydrogen (secondary N) is 2. The molecule has 1 amide bonds. The number of hydrogen-bond acceptors (Lipinski definition) is 8. The van der Waals surface area contributed by atoms with Crippen LogP contribution < -0.4 is 21.3 Å². The van der Waals surface area contributed by atoms with E-state index in [0.717, 1.165) is 5.56 Å². The van der Waals surface area contributed by atoms with E-state index in [1.165, 1.54) is 13.2 Å². The van der Waals surface area contributed by atoms with E-state index in [-0.39, 0.29) is 47.7 Å². The molecule has 0 spiro atoms. The van der Waals surface area contributed by atoms with Crippen LogP contribution in [0.3, 0.4) is 0 Å². The van der Waals surface area contributed by atoms with Crippen molar-refractivity contribution in [2.75, 3.05) is 39.6 Å². The van der Waals surface area contributed by atoms with Gasteiger partial charge in [0.2, 0.25) is 0 Å². The second-order valence-electron chi connectivity index (χ2n) is 7.62. The SMILES string of the molecule is COc1ccccc1COC(=O)CN1CC[C@@H](NC(=O)c2cc(Cl)c(N)[nH]c2=O)[C@@H](OC)C1. The monoisotopic (exact) mass is 478 g/mol. The molecule has 1 aromatic heterocycles. The number of likely N-dealkylation sites (tertiary alicyclic amines) is 1. The minimum absolute atomic E-state index is 0.00103. The molecule has 3 rings (SSSR count). The number of para-hydroxylation sites is 1. The molecule has 0 unspecified atom stereocenters. The molecule has 1 aliphatic rings. The van der Waals surface area contributed by atoms with Crippen molar-refractivity contribution >= 4 is 29.3 Å². The zero-order valence-corrected chi connectivity index (χ0v) is 19.2. The van der Waals surface area contributed by atoms with E-state index in [0.29, 0.717) is 25.3 Å². The molecule has 2 aromatic rings. The summed E-state index contributed by atoms with van der Waals surface area (Å²) < 4.78 is 16.2. The van der Waals surface area contributed by atoms with Crippen LogP contribution in [0.4, 0.5) is 5.82 Å². The zero-order chi connectivity index (χ0) is 24.0. The average molecular weight is 479 g/mol. The van der Waals surface area contributed by atoms with Crippen LogP contribution in [0.1, 0.15) is 22.3 Å². The van der Waals surface area contributed by atoms with E-state index >= 15 is 0 Å². The highest BCUT2D eigenvalue weighted by Gasteiger charge is 2.32. The van der Waals surface area contributed by atoms with Gasteiger partial charge in [-0.2, -0.15) is 0 Å². The Morgan fingerprint density at radius 3 is 2.79 bits per heavy atom. The number of piperidine rings is 1. The normalized spacial score (nSPS) is 18.5. The number of carbonyl (C=O) groups is 2. The predicted octanol–water partition coefficient (Wildman–Crippen LogP) is 1.18. The molecule has 0 bridgehead atoms. The molecule has 2 heterocycles. The number of aromatic nitrogens is 1. The number of halogens is 1. The number of ether oxygens (including phenoxy) is 3. The van der Waals surface area contributed by atoms with Gasteiger partial charge in [0.25, 0.3) is 11.5 Å². The first-order valence-corrected chi connectivity index (χ1v) is 10.7. The van der Waals surface area contributed by atoms with Gasteiger partial charge < -0.3 is 30.2 Å². The molecule has 4 N–H and O–H groups in total. The molecule has 1 aliphatic heterocycles. The van der Waals surface area contributed by atoms with Crippen LogP contribution in [0.15, 0.2) is 35.1 Å². The number of benzene rings is 1. The van der Waals surface area contributed by atoms with Crippen LogP contribution in [0.25, 0.3) is 0 Å². The Labute approximate surface area is 195 Å². The van der Waals surface area contributed by atoms with Gasteiger partial charge in [0.15, 0.2) is 0 Å². The smallest absolute Gasteiger partial charge is 0.320 e. The number of H-pyrrole nitrogens is 1. The number of hydrogen-bond donors (Lipinski definition) is 3. The molecule has 0 aliphatic carbocycles. The summed E-state index contributed by atoms with van der Waals surface area (Å²) >= 11 is 5.92. The van der Waals surface area contributed by atoms with Crippen LogP contribution in [-0.4, -0.2) is 67.8 Å². The number of rotatable bonds is 8. The fraction of sp³-hybridized carbons (Fsp3) is 0.409. The van der Waals surface area contributed by atoms with Crippen LogP contribution in [0.2, 0.25) is 5.02 Å². The minimum Gasteiger partial charge on any atom is -0.496 e. The van der Waals surface area contributed by atoms with Crippen LogP contribution in [-0.2, 0) is 20.9 Å². The summed E-state index contributed by atoms with van der Waals surface area (Å²) in [6, 6.07) is 8.22. The number of pyridine rings is 1. The summed E-state index contributed by atoms with van der Waals surface area (Å²) in [6.45, 7) is 1.14. The Bertz CT molecular complexity index is 1060. The lowest BCUT2D eigenvalue weighted by atomic mass is 10.0. The lowest BCUT2D eigenvalue weighted by Crippen LogP contribution is -2.56. The number of anilines is 1. The number of methoxy groups -OCH3 is 2. The van der Waals surface area contributed by atoms with Crippen molar-refractivity contribution in [3.05, 3.63) is 56.8 Å². The van der Waals surface area contributed by atoms with Gasteiger partial charge in [-0.3, -0.25) is 19.3 Å². The first kappa shape index (κ1) is 24.6. The largest absolute Gasteiger partial charge is 0.496 e. The minimum atomic E-state index is -0.626. The zero-order valence-electron chi connectivity index (χ0n) is 18.4.